The van der Waals surface area contributed by atoms with Gasteiger partial charge in [-0.05, 0) is 38.3 Å². The lowest BCUT2D eigenvalue weighted by atomic mass is 10.2. The maximum absolute atomic E-state index is 12.9. The fraction of sp³-hybridized carbons (Fsp3) is 0.647. The van der Waals surface area contributed by atoms with Crippen molar-refractivity contribution in [1.82, 2.24) is 14.4 Å². The van der Waals surface area contributed by atoms with Crippen LogP contribution >= 0.6 is 23.2 Å². The van der Waals surface area contributed by atoms with Crippen molar-refractivity contribution in [3.63, 3.8) is 0 Å². The van der Waals surface area contributed by atoms with Crippen LogP contribution in [-0.2, 0) is 23.2 Å². The lowest BCUT2D eigenvalue weighted by molar-refractivity contribution is -0.142. The Kier molecular flexibility index (Phi) is 6.58. The Balaban J connectivity index is 2.10. The third-order valence-electron chi connectivity index (χ3n) is 4.59. The maximum atomic E-state index is 12.9. The number of nitrogens with zero attached hydrogens (tertiary/aromatic N) is 3. The van der Waals surface area contributed by atoms with Crippen LogP contribution in [0.4, 0.5) is 0 Å². The summed E-state index contributed by atoms with van der Waals surface area (Å²) in [6.07, 6.45) is 4.73. The molecule has 1 aliphatic rings. The van der Waals surface area contributed by atoms with Crippen LogP contribution in [0.1, 0.15) is 38.8 Å². The molecule has 24 heavy (non-hydrogen) atoms. The first-order valence-corrected chi connectivity index (χ1v) is 9.20. The molecule has 1 aromatic heterocycles. The van der Waals surface area contributed by atoms with Gasteiger partial charge in [-0.3, -0.25) is 9.59 Å². The van der Waals surface area contributed by atoms with Crippen LogP contribution in [0.5, 0.6) is 0 Å². The number of aromatic nitrogens is 1. The average Bonchev–Trinajstić information content (AvgIpc) is 3.31. The maximum Gasteiger partial charge on any atom is 0.256 e. The van der Waals surface area contributed by atoms with Gasteiger partial charge in [0.25, 0.3) is 5.91 Å². The van der Waals surface area contributed by atoms with E-state index in [2.05, 4.69) is 0 Å². The second kappa shape index (κ2) is 8.26. The molecule has 2 rings (SSSR count). The largest absolute Gasteiger partial charge is 0.353 e. The Morgan fingerprint density at radius 3 is 2.50 bits per heavy atom. The molecule has 1 unspecified atom stereocenters. The third kappa shape index (κ3) is 4.67. The standard InChI is InChI=1S/C17H25Cl2N3O2/c1-4-12(2)21(17(24)16(18)19)11-15(23)22(13-7-8-13)10-14-6-5-9-20(14)3/h5-6,9,12-13,16H,4,7-8,10-11H2,1-3H3. The molecule has 5 nitrogen and oxygen atoms in total. The summed E-state index contributed by atoms with van der Waals surface area (Å²) in [4.78, 5) is 27.3. The Bertz CT molecular complexity index is 584. The van der Waals surface area contributed by atoms with Gasteiger partial charge in [0.2, 0.25) is 5.91 Å². The van der Waals surface area contributed by atoms with Crippen molar-refractivity contribution in [3.05, 3.63) is 24.0 Å². The van der Waals surface area contributed by atoms with Crippen LogP contribution in [-0.4, -0.2) is 49.6 Å². The van der Waals surface area contributed by atoms with Crippen molar-refractivity contribution in [2.45, 2.75) is 56.6 Å². The van der Waals surface area contributed by atoms with E-state index >= 15 is 0 Å². The fourth-order valence-electron chi connectivity index (χ4n) is 2.68. The first kappa shape index (κ1) is 19.1. The highest BCUT2D eigenvalue weighted by atomic mass is 35.5. The van der Waals surface area contributed by atoms with E-state index in [4.69, 9.17) is 23.2 Å². The average molecular weight is 374 g/mol. The molecule has 0 spiro atoms. The molecule has 0 bridgehead atoms. The Morgan fingerprint density at radius 2 is 2.04 bits per heavy atom. The predicted octanol–water partition coefficient (Wildman–Crippen LogP) is 2.95. The van der Waals surface area contributed by atoms with Gasteiger partial charge in [-0.2, -0.15) is 0 Å². The van der Waals surface area contributed by atoms with Crippen molar-refractivity contribution in [3.8, 4) is 0 Å². The van der Waals surface area contributed by atoms with E-state index in [1.807, 2.05) is 48.7 Å². The lowest BCUT2D eigenvalue weighted by Gasteiger charge is -2.31. The molecule has 1 aromatic rings. The first-order chi connectivity index (χ1) is 11.3. The molecule has 0 radical (unpaired) electrons. The van der Waals surface area contributed by atoms with Crippen LogP contribution in [0.2, 0.25) is 0 Å². The number of aryl methyl sites for hydroxylation is 1. The summed E-state index contributed by atoms with van der Waals surface area (Å²) in [7, 11) is 1.96. The number of hydrogen-bond acceptors (Lipinski definition) is 2. The van der Waals surface area contributed by atoms with E-state index in [0.717, 1.165) is 25.0 Å². The molecular weight excluding hydrogens is 349 g/mol. The van der Waals surface area contributed by atoms with Gasteiger partial charge < -0.3 is 14.4 Å². The SMILES string of the molecule is CCC(C)N(CC(=O)N(Cc1cccn1C)C1CC1)C(=O)C(Cl)Cl. The molecular formula is C17H25Cl2N3O2. The van der Waals surface area contributed by atoms with Crippen molar-refractivity contribution in [1.29, 1.82) is 0 Å². The number of rotatable bonds is 8. The minimum Gasteiger partial charge on any atom is -0.353 e. The molecule has 1 heterocycles. The van der Waals surface area contributed by atoms with E-state index in [1.165, 1.54) is 4.90 Å². The molecule has 0 aromatic carbocycles. The normalized spacial score (nSPS) is 15.4. The Morgan fingerprint density at radius 1 is 1.38 bits per heavy atom. The first-order valence-electron chi connectivity index (χ1n) is 8.33. The van der Waals surface area contributed by atoms with E-state index in [9.17, 15) is 9.59 Å². The number of carbonyl (C=O) groups is 2. The Labute approximate surface area is 153 Å². The van der Waals surface area contributed by atoms with Gasteiger partial charge in [0.05, 0.1) is 6.54 Å². The highest BCUT2D eigenvalue weighted by molar-refractivity contribution is 6.53. The molecule has 0 saturated heterocycles. The van der Waals surface area contributed by atoms with Gasteiger partial charge in [-0.1, -0.05) is 30.1 Å². The number of hydrogen-bond donors (Lipinski definition) is 0. The molecule has 7 heteroatoms. The fourth-order valence-corrected chi connectivity index (χ4v) is 2.93. The number of carbonyl (C=O) groups excluding carboxylic acids is 2. The Hall–Kier alpha value is -1.20. The van der Waals surface area contributed by atoms with E-state index in [0.29, 0.717) is 6.54 Å². The zero-order chi connectivity index (χ0) is 17.9. The van der Waals surface area contributed by atoms with Gasteiger partial charge in [0.1, 0.15) is 6.54 Å². The predicted molar refractivity (Wildman–Crippen MR) is 95.9 cm³/mol. The topological polar surface area (TPSA) is 45.6 Å². The van der Waals surface area contributed by atoms with Crippen LogP contribution in [0.15, 0.2) is 18.3 Å². The van der Waals surface area contributed by atoms with Gasteiger partial charge in [-0.25, -0.2) is 0 Å². The highest BCUT2D eigenvalue weighted by Gasteiger charge is 2.35. The van der Waals surface area contributed by atoms with Crippen LogP contribution in [0.25, 0.3) is 0 Å². The molecule has 0 aliphatic heterocycles. The zero-order valence-electron chi connectivity index (χ0n) is 14.4. The highest BCUT2D eigenvalue weighted by Crippen LogP contribution is 2.29. The van der Waals surface area contributed by atoms with Gasteiger partial charge >= 0.3 is 0 Å². The van der Waals surface area contributed by atoms with Crippen molar-refractivity contribution >= 4 is 35.0 Å². The second-order valence-corrected chi connectivity index (χ2v) is 7.48. The molecule has 1 saturated carbocycles. The molecule has 134 valence electrons. The summed E-state index contributed by atoms with van der Waals surface area (Å²) < 4.78 is 2.01. The summed E-state index contributed by atoms with van der Waals surface area (Å²) in [6.45, 7) is 4.45. The van der Waals surface area contributed by atoms with E-state index < -0.39 is 10.7 Å². The summed E-state index contributed by atoms with van der Waals surface area (Å²) in [5.74, 6) is -0.461. The van der Waals surface area contributed by atoms with Gasteiger partial charge in [0.15, 0.2) is 4.84 Å². The quantitative estimate of drug-likeness (QED) is 0.657. The molecule has 1 fully saturated rings. The molecule has 2 amide bonds. The lowest BCUT2D eigenvalue weighted by Crippen LogP contribution is -2.48. The summed E-state index contributed by atoms with van der Waals surface area (Å²) >= 11 is 11.5. The van der Waals surface area contributed by atoms with Gasteiger partial charge in [-0.15, -0.1) is 0 Å². The smallest absolute Gasteiger partial charge is 0.256 e. The van der Waals surface area contributed by atoms with E-state index in [1.54, 1.807) is 0 Å². The van der Waals surface area contributed by atoms with Crippen LogP contribution in [0, 0.1) is 0 Å². The van der Waals surface area contributed by atoms with Crippen LogP contribution in [0.3, 0.4) is 0 Å². The summed E-state index contributed by atoms with van der Waals surface area (Å²) in [5, 5.41) is 0. The molecule has 1 atom stereocenters. The minimum atomic E-state index is -1.14. The molecule has 0 N–H and O–H groups in total. The van der Waals surface area contributed by atoms with Crippen molar-refractivity contribution in [2.24, 2.45) is 7.05 Å². The number of alkyl halides is 2. The molecule has 1 aliphatic carbocycles. The summed E-state index contributed by atoms with van der Waals surface area (Å²) in [6, 6.07) is 4.15. The van der Waals surface area contributed by atoms with Crippen molar-refractivity contribution < 1.29 is 9.59 Å². The number of amides is 2. The van der Waals surface area contributed by atoms with E-state index in [-0.39, 0.29) is 24.5 Å². The van der Waals surface area contributed by atoms with Gasteiger partial charge in [0, 0.05) is 31.0 Å². The summed E-state index contributed by atoms with van der Waals surface area (Å²) in [5.41, 5.74) is 1.07. The zero-order valence-corrected chi connectivity index (χ0v) is 15.9. The van der Waals surface area contributed by atoms with Crippen LogP contribution < -0.4 is 0 Å². The minimum absolute atomic E-state index is 0.0186. The number of halogens is 2. The monoisotopic (exact) mass is 373 g/mol. The third-order valence-corrected chi connectivity index (χ3v) is 4.96. The van der Waals surface area contributed by atoms with Crippen molar-refractivity contribution in [2.75, 3.05) is 6.54 Å². The second-order valence-electron chi connectivity index (χ2n) is 6.39.